The van der Waals surface area contributed by atoms with E-state index in [4.69, 9.17) is 5.73 Å². The van der Waals surface area contributed by atoms with Crippen molar-refractivity contribution in [1.29, 1.82) is 0 Å². The Hall–Kier alpha value is -2.13. The lowest BCUT2D eigenvalue weighted by atomic mass is 9.97. The van der Waals surface area contributed by atoms with E-state index in [9.17, 15) is 4.79 Å². The number of nitrogens with zero attached hydrogens (tertiary/aromatic N) is 1. The van der Waals surface area contributed by atoms with Gasteiger partial charge in [-0.25, -0.2) is 0 Å². The van der Waals surface area contributed by atoms with Crippen molar-refractivity contribution in [2.45, 2.75) is 13.3 Å². The van der Waals surface area contributed by atoms with Gasteiger partial charge in [0.15, 0.2) is 0 Å². The highest BCUT2D eigenvalue weighted by molar-refractivity contribution is 5.95. The van der Waals surface area contributed by atoms with Crippen molar-refractivity contribution in [2.75, 3.05) is 18.0 Å². The van der Waals surface area contributed by atoms with E-state index in [1.54, 1.807) is 4.90 Å². The summed E-state index contributed by atoms with van der Waals surface area (Å²) in [6.07, 6.45) is 0.680. The third-order valence-electron chi connectivity index (χ3n) is 3.61. The summed E-state index contributed by atoms with van der Waals surface area (Å²) < 4.78 is 0. The molecule has 21 heavy (non-hydrogen) atoms. The number of anilines is 1. The lowest BCUT2D eigenvalue weighted by molar-refractivity contribution is -0.122. The fourth-order valence-corrected chi connectivity index (χ4v) is 2.46. The van der Waals surface area contributed by atoms with Crippen LogP contribution in [0.5, 0.6) is 0 Å². The number of amides is 1. The average molecular weight is 282 g/mol. The van der Waals surface area contributed by atoms with Gasteiger partial charge in [0.1, 0.15) is 0 Å². The molecular formula is C18H22N2O. The zero-order valence-electron chi connectivity index (χ0n) is 12.4. The van der Waals surface area contributed by atoms with Crippen LogP contribution in [-0.2, 0) is 11.2 Å². The van der Waals surface area contributed by atoms with E-state index < -0.39 is 0 Å². The average Bonchev–Trinajstić information content (AvgIpc) is 2.55. The van der Waals surface area contributed by atoms with Crippen LogP contribution in [0.4, 0.5) is 5.69 Å². The summed E-state index contributed by atoms with van der Waals surface area (Å²) in [6.45, 7) is 2.99. The van der Waals surface area contributed by atoms with E-state index in [-0.39, 0.29) is 11.8 Å². The van der Waals surface area contributed by atoms with E-state index in [0.29, 0.717) is 19.5 Å². The molecule has 0 aromatic heterocycles. The summed E-state index contributed by atoms with van der Waals surface area (Å²) in [5.41, 5.74) is 7.92. The standard InChI is InChI=1S/C18H22N2O/c1-2-20(17-11-7-4-8-12-17)18(21)16(14-19)13-15-9-5-3-6-10-15/h3-12,16H,2,13-14,19H2,1H3. The van der Waals surface area contributed by atoms with Crippen molar-refractivity contribution >= 4 is 11.6 Å². The fourth-order valence-electron chi connectivity index (χ4n) is 2.46. The second kappa shape index (κ2) is 7.60. The Balaban J connectivity index is 2.15. The molecule has 0 bridgehead atoms. The Morgan fingerprint density at radius 3 is 2.14 bits per heavy atom. The molecule has 0 spiro atoms. The number of carbonyl (C=O) groups excluding carboxylic acids is 1. The molecule has 0 aliphatic rings. The van der Waals surface area contributed by atoms with E-state index in [1.165, 1.54) is 0 Å². The molecular weight excluding hydrogens is 260 g/mol. The number of rotatable bonds is 6. The smallest absolute Gasteiger partial charge is 0.231 e. The number of benzene rings is 2. The number of hydrogen-bond acceptors (Lipinski definition) is 2. The fraction of sp³-hybridized carbons (Fsp3) is 0.278. The summed E-state index contributed by atoms with van der Waals surface area (Å²) in [7, 11) is 0. The summed E-state index contributed by atoms with van der Waals surface area (Å²) in [5, 5.41) is 0. The van der Waals surface area contributed by atoms with Crippen LogP contribution in [-0.4, -0.2) is 19.0 Å². The van der Waals surface area contributed by atoms with Gasteiger partial charge in [-0.2, -0.15) is 0 Å². The number of carbonyl (C=O) groups is 1. The maximum Gasteiger partial charge on any atom is 0.231 e. The van der Waals surface area contributed by atoms with Crippen LogP contribution in [0.3, 0.4) is 0 Å². The molecule has 2 aromatic rings. The van der Waals surface area contributed by atoms with Gasteiger partial charge in [-0.05, 0) is 31.0 Å². The Labute approximate surface area is 126 Å². The zero-order chi connectivity index (χ0) is 15.1. The van der Waals surface area contributed by atoms with Crippen molar-refractivity contribution < 1.29 is 4.79 Å². The summed E-state index contributed by atoms with van der Waals surface area (Å²) >= 11 is 0. The Bertz CT molecular complexity index is 554. The minimum Gasteiger partial charge on any atom is -0.330 e. The van der Waals surface area contributed by atoms with Crippen molar-refractivity contribution in [3.05, 3.63) is 66.2 Å². The van der Waals surface area contributed by atoms with Gasteiger partial charge in [0.05, 0.1) is 5.92 Å². The monoisotopic (exact) mass is 282 g/mol. The molecule has 0 saturated heterocycles. The molecule has 1 unspecified atom stereocenters. The predicted molar refractivity (Wildman–Crippen MR) is 87.2 cm³/mol. The van der Waals surface area contributed by atoms with Gasteiger partial charge in [-0.1, -0.05) is 48.5 Å². The molecule has 0 saturated carbocycles. The molecule has 0 aliphatic carbocycles. The van der Waals surface area contributed by atoms with Crippen molar-refractivity contribution in [2.24, 2.45) is 11.7 Å². The predicted octanol–water partition coefficient (Wildman–Crippen LogP) is 2.86. The molecule has 0 fully saturated rings. The first kappa shape index (κ1) is 15.3. The molecule has 0 aliphatic heterocycles. The zero-order valence-corrected chi connectivity index (χ0v) is 12.4. The second-order valence-corrected chi connectivity index (χ2v) is 5.04. The van der Waals surface area contributed by atoms with Crippen LogP contribution in [0.15, 0.2) is 60.7 Å². The van der Waals surface area contributed by atoms with E-state index in [0.717, 1.165) is 11.3 Å². The Morgan fingerprint density at radius 2 is 1.62 bits per heavy atom. The molecule has 110 valence electrons. The van der Waals surface area contributed by atoms with E-state index in [2.05, 4.69) is 0 Å². The number of para-hydroxylation sites is 1. The topological polar surface area (TPSA) is 46.3 Å². The molecule has 3 heteroatoms. The summed E-state index contributed by atoms with van der Waals surface area (Å²) in [5.74, 6) is -0.0948. The Morgan fingerprint density at radius 1 is 1.05 bits per heavy atom. The summed E-state index contributed by atoms with van der Waals surface area (Å²) in [4.78, 5) is 14.6. The SMILES string of the molecule is CCN(C(=O)C(CN)Cc1ccccc1)c1ccccc1. The lowest BCUT2D eigenvalue weighted by Crippen LogP contribution is -2.40. The molecule has 0 radical (unpaired) electrons. The normalized spacial score (nSPS) is 11.9. The molecule has 1 atom stereocenters. The first-order chi connectivity index (χ1) is 10.3. The molecule has 0 heterocycles. The second-order valence-electron chi connectivity index (χ2n) is 5.04. The van der Waals surface area contributed by atoms with Crippen LogP contribution in [0.25, 0.3) is 0 Å². The highest BCUT2D eigenvalue weighted by atomic mass is 16.2. The highest BCUT2D eigenvalue weighted by Gasteiger charge is 2.23. The molecule has 2 rings (SSSR count). The quantitative estimate of drug-likeness (QED) is 0.885. The first-order valence-electron chi connectivity index (χ1n) is 7.36. The molecule has 3 nitrogen and oxygen atoms in total. The lowest BCUT2D eigenvalue weighted by Gasteiger charge is -2.26. The number of nitrogens with two attached hydrogens (primary N) is 1. The third-order valence-corrected chi connectivity index (χ3v) is 3.61. The van der Waals surface area contributed by atoms with Crippen LogP contribution in [0.2, 0.25) is 0 Å². The molecule has 2 aromatic carbocycles. The van der Waals surface area contributed by atoms with E-state index in [1.807, 2.05) is 67.6 Å². The third kappa shape index (κ3) is 3.92. The van der Waals surface area contributed by atoms with Gasteiger partial charge in [-0.3, -0.25) is 4.79 Å². The van der Waals surface area contributed by atoms with Crippen molar-refractivity contribution in [3.8, 4) is 0 Å². The maximum atomic E-state index is 12.8. The van der Waals surface area contributed by atoms with Crippen molar-refractivity contribution in [1.82, 2.24) is 0 Å². The number of hydrogen-bond donors (Lipinski definition) is 1. The van der Waals surface area contributed by atoms with Gasteiger partial charge in [0, 0.05) is 18.8 Å². The van der Waals surface area contributed by atoms with E-state index >= 15 is 0 Å². The van der Waals surface area contributed by atoms with Gasteiger partial charge in [-0.15, -0.1) is 0 Å². The first-order valence-corrected chi connectivity index (χ1v) is 7.36. The van der Waals surface area contributed by atoms with Crippen LogP contribution in [0, 0.1) is 5.92 Å². The highest BCUT2D eigenvalue weighted by Crippen LogP contribution is 2.18. The minimum absolute atomic E-state index is 0.0926. The van der Waals surface area contributed by atoms with Gasteiger partial charge in [0.2, 0.25) is 5.91 Å². The summed E-state index contributed by atoms with van der Waals surface area (Å²) in [6, 6.07) is 19.8. The maximum absolute atomic E-state index is 12.8. The van der Waals surface area contributed by atoms with Crippen molar-refractivity contribution in [3.63, 3.8) is 0 Å². The van der Waals surface area contributed by atoms with Gasteiger partial charge >= 0.3 is 0 Å². The van der Waals surface area contributed by atoms with Gasteiger partial charge in [0.25, 0.3) is 0 Å². The molecule has 2 N–H and O–H groups in total. The largest absolute Gasteiger partial charge is 0.330 e. The van der Waals surface area contributed by atoms with Crippen LogP contribution in [0.1, 0.15) is 12.5 Å². The minimum atomic E-state index is -0.187. The molecule has 1 amide bonds. The van der Waals surface area contributed by atoms with Crippen LogP contribution < -0.4 is 10.6 Å². The Kier molecular flexibility index (Phi) is 5.52. The van der Waals surface area contributed by atoms with Gasteiger partial charge < -0.3 is 10.6 Å². The van der Waals surface area contributed by atoms with Crippen LogP contribution >= 0.6 is 0 Å².